The summed E-state index contributed by atoms with van der Waals surface area (Å²) in [6.45, 7) is 1.62. The summed E-state index contributed by atoms with van der Waals surface area (Å²) in [7, 11) is 3.75. The standard InChI is InChI=1S/C8H10O.C2H7N/c1-7(9)8-5-3-2-4-6-8;1-3-2/h2-3,5H,4,6H2,1H3;3H,1-2H3. The lowest BCUT2D eigenvalue weighted by molar-refractivity contribution is -0.113. The van der Waals surface area contributed by atoms with Crippen molar-refractivity contribution in [2.24, 2.45) is 0 Å². The van der Waals surface area contributed by atoms with Crippen LogP contribution in [0, 0.1) is 0 Å². The van der Waals surface area contributed by atoms with Gasteiger partial charge in [-0.1, -0.05) is 18.2 Å². The van der Waals surface area contributed by atoms with Crippen molar-refractivity contribution in [3.8, 4) is 0 Å². The fourth-order valence-electron chi connectivity index (χ4n) is 0.896. The van der Waals surface area contributed by atoms with E-state index >= 15 is 0 Å². The smallest absolute Gasteiger partial charge is 0.155 e. The third kappa shape index (κ3) is 4.85. The predicted molar refractivity (Wildman–Crippen MR) is 52.1 cm³/mol. The van der Waals surface area contributed by atoms with Crippen molar-refractivity contribution >= 4 is 5.78 Å². The summed E-state index contributed by atoms with van der Waals surface area (Å²) >= 11 is 0. The van der Waals surface area contributed by atoms with Gasteiger partial charge >= 0.3 is 0 Å². The van der Waals surface area contributed by atoms with Crippen LogP contribution in [-0.2, 0) is 4.79 Å². The number of hydrogen-bond donors (Lipinski definition) is 1. The largest absolute Gasteiger partial charge is 0.323 e. The van der Waals surface area contributed by atoms with Crippen molar-refractivity contribution in [3.05, 3.63) is 23.8 Å². The van der Waals surface area contributed by atoms with Crippen molar-refractivity contribution in [3.63, 3.8) is 0 Å². The van der Waals surface area contributed by atoms with Gasteiger partial charge in [0.05, 0.1) is 0 Å². The lowest BCUT2D eigenvalue weighted by atomic mass is 10.0. The predicted octanol–water partition coefficient (Wildman–Crippen LogP) is 1.69. The number of ketones is 1. The molecular formula is C10H17NO. The maximum Gasteiger partial charge on any atom is 0.155 e. The number of hydrogen-bond acceptors (Lipinski definition) is 2. The Labute approximate surface area is 74.4 Å². The molecule has 0 aromatic carbocycles. The van der Waals surface area contributed by atoms with E-state index in [1.54, 1.807) is 6.92 Å². The van der Waals surface area contributed by atoms with Gasteiger partial charge < -0.3 is 5.32 Å². The van der Waals surface area contributed by atoms with Gasteiger partial charge in [-0.05, 0) is 39.4 Å². The summed E-state index contributed by atoms with van der Waals surface area (Å²) in [4.78, 5) is 10.7. The average Bonchev–Trinajstić information content (AvgIpc) is 2.07. The number of allylic oxidation sites excluding steroid dienone is 4. The Balaban J connectivity index is 0.000000354. The highest BCUT2D eigenvalue weighted by Gasteiger charge is 2.02. The molecule has 0 saturated heterocycles. The topological polar surface area (TPSA) is 29.1 Å². The number of carbonyl (C=O) groups is 1. The van der Waals surface area contributed by atoms with Gasteiger partial charge in [0.1, 0.15) is 0 Å². The van der Waals surface area contributed by atoms with Gasteiger partial charge in [-0.25, -0.2) is 0 Å². The molecule has 12 heavy (non-hydrogen) atoms. The van der Waals surface area contributed by atoms with Crippen molar-refractivity contribution in [1.29, 1.82) is 0 Å². The molecule has 0 heterocycles. The molecule has 0 unspecified atom stereocenters. The van der Waals surface area contributed by atoms with Gasteiger partial charge in [-0.15, -0.1) is 0 Å². The Bertz CT molecular complexity index is 192. The normalized spacial score (nSPS) is 14.4. The molecule has 0 atom stereocenters. The summed E-state index contributed by atoms with van der Waals surface area (Å²) in [6, 6.07) is 0. The van der Waals surface area contributed by atoms with Crippen LogP contribution in [-0.4, -0.2) is 19.9 Å². The highest BCUT2D eigenvalue weighted by atomic mass is 16.1. The monoisotopic (exact) mass is 167 g/mol. The van der Waals surface area contributed by atoms with Crippen LogP contribution in [0.4, 0.5) is 0 Å². The van der Waals surface area contributed by atoms with Crippen LogP contribution in [0.25, 0.3) is 0 Å². The zero-order valence-electron chi connectivity index (χ0n) is 8.05. The SMILES string of the molecule is CC(=O)C1=CC=CCC1.CNC. The number of carbonyl (C=O) groups excluding carboxylic acids is 1. The molecular weight excluding hydrogens is 150 g/mol. The van der Waals surface area contributed by atoms with Crippen LogP contribution >= 0.6 is 0 Å². The van der Waals surface area contributed by atoms with E-state index in [2.05, 4.69) is 11.4 Å². The van der Waals surface area contributed by atoms with E-state index < -0.39 is 0 Å². The second kappa shape index (κ2) is 6.80. The first-order chi connectivity index (χ1) is 5.72. The van der Waals surface area contributed by atoms with Crippen LogP contribution in [0.5, 0.6) is 0 Å². The Hall–Kier alpha value is -0.890. The lowest BCUT2D eigenvalue weighted by Gasteiger charge is -2.02. The number of Topliss-reactive ketones (excluding diaryl/α,β-unsaturated/α-hetero) is 1. The average molecular weight is 167 g/mol. The van der Waals surface area contributed by atoms with E-state index in [9.17, 15) is 4.79 Å². The number of nitrogens with one attached hydrogen (secondary N) is 1. The van der Waals surface area contributed by atoms with Gasteiger partial charge in [0.15, 0.2) is 5.78 Å². The van der Waals surface area contributed by atoms with Crippen LogP contribution < -0.4 is 5.32 Å². The first-order valence-corrected chi connectivity index (χ1v) is 4.17. The van der Waals surface area contributed by atoms with Crippen molar-refractivity contribution in [2.75, 3.05) is 14.1 Å². The van der Waals surface area contributed by atoms with Gasteiger partial charge in [-0.2, -0.15) is 0 Å². The minimum Gasteiger partial charge on any atom is -0.323 e. The molecule has 0 amide bonds. The Morgan fingerprint density at radius 3 is 2.33 bits per heavy atom. The van der Waals surface area contributed by atoms with Crippen molar-refractivity contribution in [2.45, 2.75) is 19.8 Å². The van der Waals surface area contributed by atoms with Crippen LogP contribution in [0.15, 0.2) is 23.8 Å². The fraction of sp³-hybridized carbons (Fsp3) is 0.500. The van der Waals surface area contributed by atoms with E-state index in [4.69, 9.17) is 0 Å². The molecule has 2 nitrogen and oxygen atoms in total. The first kappa shape index (κ1) is 11.1. The van der Waals surface area contributed by atoms with E-state index in [0.717, 1.165) is 18.4 Å². The third-order valence-corrected chi connectivity index (χ3v) is 1.47. The molecule has 68 valence electrons. The molecule has 0 aliphatic heterocycles. The minimum atomic E-state index is 0.208. The van der Waals surface area contributed by atoms with Gasteiger partial charge in [0, 0.05) is 0 Å². The summed E-state index contributed by atoms with van der Waals surface area (Å²) in [5.41, 5.74) is 0.956. The first-order valence-electron chi connectivity index (χ1n) is 4.17. The maximum atomic E-state index is 10.7. The summed E-state index contributed by atoms with van der Waals surface area (Å²) in [6.07, 6.45) is 7.86. The zero-order valence-corrected chi connectivity index (χ0v) is 8.05. The summed E-state index contributed by atoms with van der Waals surface area (Å²) in [5.74, 6) is 0.208. The van der Waals surface area contributed by atoms with Gasteiger partial charge in [0.2, 0.25) is 0 Å². The molecule has 0 fully saturated rings. The summed E-state index contributed by atoms with van der Waals surface area (Å²) < 4.78 is 0. The zero-order chi connectivity index (χ0) is 9.40. The summed E-state index contributed by atoms with van der Waals surface area (Å²) in [5, 5.41) is 2.75. The second-order valence-corrected chi connectivity index (χ2v) is 2.71. The van der Waals surface area contributed by atoms with E-state index in [1.165, 1.54) is 0 Å². The maximum absolute atomic E-state index is 10.7. The Kier molecular flexibility index (Phi) is 6.29. The van der Waals surface area contributed by atoms with Crippen LogP contribution in [0.3, 0.4) is 0 Å². The third-order valence-electron chi connectivity index (χ3n) is 1.47. The van der Waals surface area contributed by atoms with Crippen molar-refractivity contribution in [1.82, 2.24) is 5.32 Å². The van der Waals surface area contributed by atoms with E-state index in [0.29, 0.717) is 0 Å². The molecule has 1 aliphatic carbocycles. The van der Waals surface area contributed by atoms with Gasteiger partial charge in [-0.3, -0.25) is 4.79 Å². The molecule has 0 bridgehead atoms. The highest BCUT2D eigenvalue weighted by molar-refractivity contribution is 5.93. The Morgan fingerprint density at radius 2 is 2.08 bits per heavy atom. The van der Waals surface area contributed by atoms with E-state index in [1.807, 2.05) is 26.2 Å². The van der Waals surface area contributed by atoms with Gasteiger partial charge in [0.25, 0.3) is 0 Å². The molecule has 1 N–H and O–H groups in total. The fourth-order valence-corrected chi connectivity index (χ4v) is 0.896. The molecule has 1 aliphatic rings. The quantitative estimate of drug-likeness (QED) is 0.644. The molecule has 0 aromatic rings. The molecule has 0 saturated carbocycles. The van der Waals surface area contributed by atoms with Crippen LogP contribution in [0.2, 0.25) is 0 Å². The molecule has 2 heteroatoms. The molecule has 1 rings (SSSR count). The molecule has 0 spiro atoms. The van der Waals surface area contributed by atoms with Crippen LogP contribution in [0.1, 0.15) is 19.8 Å². The molecule has 0 aromatic heterocycles. The Morgan fingerprint density at radius 1 is 1.50 bits per heavy atom. The lowest BCUT2D eigenvalue weighted by Crippen LogP contribution is -1.97. The second-order valence-electron chi connectivity index (χ2n) is 2.71. The minimum absolute atomic E-state index is 0.208. The highest BCUT2D eigenvalue weighted by Crippen LogP contribution is 2.11. The number of rotatable bonds is 1. The van der Waals surface area contributed by atoms with E-state index in [-0.39, 0.29) is 5.78 Å². The molecule has 0 radical (unpaired) electrons. The van der Waals surface area contributed by atoms with Crippen molar-refractivity contribution < 1.29 is 4.79 Å².